The molecule has 188 valence electrons. The van der Waals surface area contributed by atoms with E-state index < -0.39 is 5.91 Å². The number of hydrogen-bond donors (Lipinski definition) is 3. The molecule has 0 atom stereocenters. The Balaban J connectivity index is 1.88. The molecule has 0 saturated carbocycles. The lowest BCUT2D eigenvalue weighted by Gasteiger charge is -2.19. The molecule has 3 N–H and O–H groups in total. The maximum Gasteiger partial charge on any atom is 0.257 e. The summed E-state index contributed by atoms with van der Waals surface area (Å²) in [5.74, 6) is -0.500. The average Bonchev–Trinajstić information content (AvgIpc) is 2.84. The summed E-state index contributed by atoms with van der Waals surface area (Å²) >= 11 is 0. The average molecular weight is 490 g/mol. The van der Waals surface area contributed by atoms with E-state index in [1.807, 2.05) is 12.1 Å². The Morgan fingerprint density at radius 3 is 1.97 bits per heavy atom. The highest BCUT2D eigenvalue weighted by Crippen LogP contribution is 2.25. The van der Waals surface area contributed by atoms with Gasteiger partial charge in [0.05, 0.1) is 18.4 Å². The molecule has 36 heavy (non-hydrogen) atoms. The zero-order chi connectivity index (χ0) is 26.3. The van der Waals surface area contributed by atoms with Crippen molar-refractivity contribution in [3.8, 4) is 5.75 Å². The predicted molar refractivity (Wildman–Crippen MR) is 141 cm³/mol. The number of carbonyl (C=O) groups excluding carboxylic acids is 3. The topological polar surface area (TPSA) is 106 Å². The second-order valence-electron chi connectivity index (χ2n) is 9.21. The van der Waals surface area contributed by atoms with Gasteiger partial charge in [-0.15, -0.1) is 0 Å². The molecule has 0 unspecified atom stereocenters. The Hall–Kier alpha value is -4.17. The number of anilines is 3. The first-order chi connectivity index (χ1) is 17.1. The maximum absolute atomic E-state index is 13.1. The summed E-state index contributed by atoms with van der Waals surface area (Å²) in [6.07, 6.45) is 0. The molecule has 3 aromatic rings. The smallest absolute Gasteiger partial charge is 0.257 e. The van der Waals surface area contributed by atoms with Gasteiger partial charge in [-0.1, -0.05) is 32.9 Å². The Morgan fingerprint density at radius 1 is 0.750 bits per heavy atom. The first kappa shape index (κ1) is 26.4. The van der Waals surface area contributed by atoms with Crippen LogP contribution < -0.4 is 20.7 Å². The number of methoxy groups -OCH3 is 2. The molecular weight excluding hydrogens is 458 g/mol. The fourth-order valence-electron chi connectivity index (χ4n) is 3.44. The Morgan fingerprint density at radius 2 is 1.39 bits per heavy atom. The van der Waals surface area contributed by atoms with Crippen LogP contribution in [0.1, 0.15) is 47.1 Å². The number of benzene rings is 3. The molecule has 0 aliphatic carbocycles. The number of amides is 3. The molecule has 0 aliphatic rings. The van der Waals surface area contributed by atoms with Crippen molar-refractivity contribution in [1.29, 1.82) is 0 Å². The molecule has 3 aromatic carbocycles. The van der Waals surface area contributed by atoms with Gasteiger partial charge in [0.15, 0.2) is 0 Å². The van der Waals surface area contributed by atoms with Gasteiger partial charge in [0.25, 0.3) is 11.8 Å². The zero-order valence-electron chi connectivity index (χ0n) is 21.1. The van der Waals surface area contributed by atoms with Crippen molar-refractivity contribution in [2.45, 2.75) is 26.2 Å². The molecule has 0 aromatic heterocycles. The van der Waals surface area contributed by atoms with Gasteiger partial charge < -0.3 is 25.4 Å². The summed E-state index contributed by atoms with van der Waals surface area (Å²) in [6, 6.07) is 18.9. The van der Waals surface area contributed by atoms with Crippen LogP contribution in [-0.4, -0.2) is 38.5 Å². The molecule has 0 saturated heterocycles. The van der Waals surface area contributed by atoms with Crippen LogP contribution in [-0.2, 0) is 14.9 Å². The molecule has 8 heteroatoms. The van der Waals surface area contributed by atoms with E-state index in [4.69, 9.17) is 9.47 Å². The van der Waals surface area contributed by atoms with Crippen LogP contribution in [0.3, 0.4) is 0 Å². The van der Waals surface area contributed by atoms with Crippen molar-refractivity contribution < 1.29 is 23.9 Å². The lowest BCUT2D eigenvalue weighted by Crippen LogP contribution is -2.20. The molecule has 0 heterocycles. The minimum Gasteiger partial charge on any atom is -0.497 e. The van der Waals surface area contributed by atoms with Gasteiger partial charge in [-0.2, -0.15) is 0 Å². The predicted octanol–water partition coefficient (Wildman–Crippen LogP) is 5.08. The zero-order valence-corrected chi connectivity index (χ0v) is 21.1. The highest BCUT2D eigenvalue weighted by Gasteiger charge is 2.18. The van der Waals surface area contributed by atoms with Crippen molar-refractivity contribution in [1.82, 2.24) is 0 Å². The van der Waals surface area contributed by atoms with Crippen LogP contribution >= 0.6 is 0 Å². The Labute approximate surface area is 211 Å². The summed E-state index contributed by atoms with van der Waals surface area (Å²) < 4.78 is 10.0. The molecule has 0 radical (unpaired) electrons. The van der Waals surface area contributed by atoms with Crippen LogP contribution in [0.2, 0.25) is 0 Å². The van der Waals surface area contributed by atoms with Gasteiger partial charge in [0.1, 0.15) is 12.4 Å². The summed E-state index contributed by atoms with van der Waals surface area (Å²) in [4.78, 5) is 38.1. The highest BCUT2D eigenvalue weighted by molar-refractivity contribution is 6.13. The van der Waals surface area contributed by atoms with Crippen LogP contribution in [0.5, 0.6) is 5.75 Å². The van der Waals surface area contributed by atoms with E-state index in [0.29, 0.717) is 22.7 Å². The first-order valence-electron chi connectivity index (χ1n) is 11.4. The molecule has 0 spiro atoms. The van der Waals surface area contributed by atoms with E-state index in [0.717, 1.165) is 5.56 Å². The molecule has 0 aliphatic heterocycles. The maximum atomic E-state index is 13.1. The van der Waals surface area contributed by atoms with Crippen LogP contribution in [0.15, 0.2) is 66.7 Å². The SMILES string of the molecule is COCC(=O)Nc1ccc(C(=O)Nc2ccc(OC)cc2)c(NC(=O)c2ccc(C(C)(C)C)cc2)c1. The van der Waals surface area contributed by atoms with Crippen molar-refractivity contribution in [2.24, 2.45) is 0 Å². The number of nitrogens with one attached hydrogen (secondary N) is 3. The molecule has 0 bridgehead atoms. The normalized spacial score (nSPS) is 10.9. The Bertz CT molecular complexity index is 1230. The van der Waals surface area contributed by atoms with Gasteiger partial charge in [0.2, 0.25) is 5.91 Å². The minimum atomic E-state index is -0.423. The molecule has 0 fully saturated rings. The van der Waals surface area contributed by atoms with Crippen LogP contribution in [0, 0.1) is 0 Å². The van der Waals surface area contributed by atoms with Crippen molar-refractivity contribution in [2.75, 3.05) is 36.8 Å². The van der Waals surface area contributed by atoms with E-state index in [-0.39, 0.29) is 35.1 Å². The van der Waals surface area contributed by atoms with Crippen molar-refractivity contribution in [3.05, 3.63) is 83.4 Å². The van der Waals surface area contributed by atoms with E-state index in [1.54, 1.807) is 55.6 Å². The van der Waals surface area contributed by atoms with Gasteiger partial charge in [-0.25, -0.2) is 0 Å². The van der Waals surface area contributed by atoms with E-state index in [1.165, 1.54) is 13.2 Å². The third kappa shape index (κ3) is 6.93. The summed E-state index contributed by atoms with van der Waals surface area (Å²) in [5.41, 5.74) is 2.96. The standard InChI is InChI=1S/C28H31N3O5/c1-28(2,3)19-8-6-18(7-9-19)26(33)31-24-16-21(29-25(32)17-35-4)12-15-23(24)27(34)30-20-10-13-22(36-5)14-11-20/h6-16H,17H2,1-5H3,(H,29,32)(H,30,34)(H,31,33). The molecule has 3 amide bonds. The van der Waals surface area contributed by atoms with Gasteiger partial charge in [0, 0.05) is 24.0 Å². The monoisotopic (exact) mass is 489 g/mol. The largest absolute Gasteiger partial charge is 0.497 e. The van der Waals surface area contributed by atoms with E-state index in [2.05, 4.69) is 36.7 Å². The quantitative estimate of drug-likeness (QED) is 0.409. The fourth-order valence-corrected chi connectivity index (χ4v) is 3.44. The van der Waals surface area contributed by atoms with Gasteiger partial charge in [-0.3, -0.25) is 14.4 Å². The summed E-state index contributed by atoms with van der Waals surface area (Å²) in [5, 5.41) is 8.32. The lowest BCUT2D eigenvalue weighted by atomic mass is 9.86. The van der Waals surface area contributed by atoms with Crippen LogP contribution in [0.4, 0.5) is 17.1 Å². The first-order valence-corrected chi connectivity index (χ1v) is 11.4. The number of hydrogen-bond acceptors (Lipinski definition) is 5. The van der Waals surface area contributed by atoms with Gasteiger partial charge >= 0.3 is 0 Å². The van der Waals surface area contributed by atoms with Crippen molar-refractivity contribution in [3.63, 3.8) is 0 Å². The highest BCUT2D eigenvalue weighted by atomic mass is 16.5. The van der Waals surface area contributed by atoms with E-state index in [9.17, 15) is 14.4 Å². The van der Waals surface area contributed by atoms with Crippen LogP contribution in [0.25, 0.3) is 0 Å². The Kier molecular flexibility index (Phi) is 8.45. The number of carbonyl (C=O) groups is 3. The second-order valence-corrected chi connectivity index (χ2v) is 9.21. The van der Waals surface area contributed by atoms with E-state index >= 15 is 0 Å². The summed E-state index contributed by atoms with van der Waals surface area (Å²) in [6.45, 7) is 6.17. The third-order valence-corrected chi connectivity index (χ3v) is 5.43. The van der Waals surface area contributed by atoms with Crippen molar-refractivity contribution >= 4 is 34.8 Å². The fraction of sp³-hybridized carbons (Fsp3) is 0.250. The minimum absolute atomic E-state index is 0.0452. The second kappa shape index (κ2) is 11.5. The lowest BCUT2D eigenvalue weighted by molar-refractivity contribution is -0.119. The summed E-state index contributed by atoms with van der Waals surface area (Å²) in [7, 11) is 2.98. The van der Waals surface area contributed by atoms with Gasteiger partial charge in [-0.05, 0) is 65.6 Å². The third-order valence-electron chi connectivity index (χ3n) is 5.43. The number of ether oxygens (including phenoxy) is 2. The molecule has 3 rings (SSSR count). The molecular formula is C28H31N3O5. The molecule has 8 nitrogen and oxygen atoms in total. The number of rotatable bonds is 8.